The molecule has 0 spiro atoms. The van der Waals surface area contributed by atoms with E-state index in [-0.39, 0.29) is 0 Å². The molecule has 1 aliphatic rings. The molecular weight excluding hydrogens is 208 g/mol. The van der Waals surface area contributed by atoms with E-state index in [1.807, 2.05) is 0 Å². The van der Waals surface area contributed by atoms with Crippen molar-refractivity contribution in [2.24, 2.45) is 0 Å². The zero-order valence-corrected chi connectivity index (χ0v) is 9.80. The molecule has 2 rings (SSSR count). The highest BCUT2D eigenvalue weighted by molar-refractivity contribution is 7.17. The van der Waals surface area contributed by atoms with Crippen molar-refractivity contribution in [2.45, 2.75) is 38.6 Å². The Morgan fingerprint density at radius 1 is 1.67 bits per heavy atom. The maximum absolute atomic E-state index is 10.6. The second-order valence-electron chi connectivity index (χ2n) is 3.94. The lowest BCUT2D eigenvalue weighted by molar-refractivity contribution is 0.112. The van der Waals surface area contributed by atoms with Crippen molar-refractivity contribution >= 4 is 22.8 Å². The Hall–Kier alpha value is -0.900. The molecule has 0 radical (unpaired) electrons. The van der Waals surface area contributed by atoms with Crippen molar-refractivity contribution in [2.75, 3.05) is 11.4 Å². The first-order chi connectivity index (χ1) is 7.35. The lowest BCUT2D eigenvalue weighted by atomic mass is 10.3. The molecule has 82 valence electrons. The van der Waals surface area contributed by atoms with Crippen molar-refractivity contribution < 1.29 is 4.79 Å². The third-order valence-electron chi connectivity index (χ3n) is 2.61. The Balaban J connectivity index is 2.05. The minimum absolute atomic E-state index is 0.683. The summed E-state index contributed by atoms with van der Waals surface area (Å²) in [6.45, 7) is 3.27. The van der Waals surface area contributed by atoms with Gasteiger partial charge in [0.05, 0.1) is 11.1 Å². The molecular formula is C11H16N2OS. The molecule has 1 aliphatic carbocycles. The molecule has 0 amide bonds. The minimum Gasteiger partial charge on any atom is -0.345 e. The zero-order chi connectivity index (χ0) is 10.7. The highest BCUT2D eigenvalue weighted by atomic mass is 32.1. The van der Waals surface area contributed by atoms with Crippen LogP contribution in [-0.4, -0.2) is 23.9 Å². The summed E-state index contributed by atoms with van der Waals surface area (Å²) >= 11 is 1.51. The Kier molecular flexibility index (Phi) is 3.36. The van der Waals surface area contributed by atoms with Gasteiger partial charge in [0.25, 0.3) is 0 Å². The second-order valence-corrected chi connectivity index (χ2v) is 4.98. The van der Waals surface area contributed by atoms with Crippen molar-refractivity contribution in [1.29, 1.82) is 0 Å². The van der Waals surface area contributed by atoms with E-state index in [4.69, 9.17) is 0 Å². The standard InChI is InChI=1S/C11H16N2OS/c1-2-3-6-13(9-4-5-9)11-12-7-10(8-14)15-11/h7-9H,2-6H2,1H3. The fourth-order valence-electron chi connectivity index (χ4n) is 1.61. The molecule has 1 fully saturated rings. The average Bonchev–Trinajstić information content (AvgIpc) is 2.97. The van der Waals surface area contributed by atoms with E-state index in [0.717, 1.165) is 22.8 Å². The number of aldehydes is 1. The van der Waals surface area contributed by atoms with Gasteiger partial charge in [0.2, 0.25) is 0 Å². The number of carbonyl (C=O) groups excluding carboxylic acids is 1. The van der Waals surface area contributed by atoms with Crippen molar-refractivity contribution in [3.63, 3.8) is 0 Å². The van der Waals surface area contributed by atoms with Gasteiger partial charge in [-0.25, -0.2) is 4.98 Å². The number of hydrogen-bond acceptors (Lipinski definition) is 4. The molecule has 1 aromatic rings. The predicted molar refractivity (Wildman–Crippen MR) is 62.8 cm³/mol. The summed E-state index contributed by atoms with van der Waals surface area (Å²) < 4.78 is 0. The SMILES string of the molecule is CCCCN(c1ncc(C=O)s1)C1CC1. The van der Waals surface area contributed by atoms with E-state index in [9.17, 15) is 4.79 Å². The van der Waals surface area contributed by atoms with E-state index in [1.54, 1.807) is 6.20 Å². The highest BCUT2D eigenvalue weighted by Crippen LogP contribution is 2.33. The Morgan fingerprint density at radius 3 is 3.00 bits per heavy atom. The Labute approximate surface area is 94.1 Å². The summed E-state index contributed by atoms with van der Waals surface area (Å²) in [5.41, 5.74) is 0. The van der Waals surface area contributed by atoms with Crippen LogP contribution in [0.25, 0.3) is 0 Å². The first-order valence-corrected chi connectivity index (χ1v) is 6.34. The summed E-state index contributed by atoms with van der Waals surface area (Å²) in [6.07, 6.45) is 7.52. The molecule has 0 bridgehead atoms. The van der Waals surface area contributed by atoms with Gasteiger partial charge in [-0.05, 0) is 19.3 Å². The molecule has 15 heavy (non-hydrogen) atoms. The van der Waals surface area contributed by atoms with E-state index in [1.165, 1.54) is 37.0 Å². The number of aromatic nitrogens is 1. The first kappa shape index (κ1) is 10.6. The van der Waals surface area contributed by atoms with E-state index < -0.39 is 0 Å². The van der Waals surface area contributed by atoms with E-state index in [2.05, 4.69) is 16.8 Å². The largest absolute Gasteiger partial charge is 0.345 e. The molecule has 1 heterocycles. The van der Waals surface area contributed by atoms with Gasteiger partial charge >= 0.3 is 0 Å². The van der Waals surface area contributed by atoms with Crippen LogP contribution in [0.5, 0.6) is 0 Å². The Morgan fingerprint density at radius 2 is 2.47 bits per heavy atom. The molecule has 1 aromatic heterocycles. The zero-order valence-electron chi connectivity index (χ0n) is 8.98. The summed E-state index contributed by atoms with van der Waals surface area (Å²) in [4.78, 5) is 18.0. The third kappa shape index (κ3) is 2.56. The van der Waals surface area contributed by atoms with Crippen LogP contribution >= 0.6 is 11.3 Å². The van der Waals surface area contributed by atoms with Crippen LogP contribution < -0.4 is 4.90 Å². The minimum atomic E-state index is 0.683. The van der Waals surface area contributed by atoms with E-state index in [0.29, 0.717) is 6.04 Å². The van der Waals surface area contributed by atoms with Crippen molar-refractivity contribution in [1.82, 2.24) is 4.98 Å². The number of carbonyl (C=O) groups is 1. The van der Waals surface area contributed by atoms with Crippen LogP contribution in [0.3, 0.4) is 0 Å². The predicted octanol–water partition coefficient (Wildman–Crippen LogP) is 2.72. The summed E-state index contributed by atoms with van der Waals surface area (Å²) in [7, 11) is 0. The summed E-state index contributed by atoms with van der Waals surface area (Å²) in [5, 5.41) is 1.02. The van der Waals surface area contributed by atoms with Gasteiger partial charge in [0.1, 0.15) is 0 Å². The third-order valence-corrected chi connectivity index (χ3v) is 3.57. The fourth-order valence-corrected chi connectivity index (χ4v) is 2.44. The smallest absolute Gasteiger partial charge is 0.186 e. The van der Waals surface area contributed by atoms with Gasteiger partial charge in [-0.15, -0.1) is 0 Å². The molecule has 1 saturated carbocycles. The van der Waals surface area contributed by atoms with Gasteiger partial charge < -0.3 is 4.90 Å². The maximum Gasteiger partial charge on any atom is 0.186 e. The van der Waals surface area contributed by atoms with Gasteiger partial charge in [0, 0.05) is 12.6 Å². The molecule has 0 unspecified atom stereocenters. The van der Waals surface area contributed by atoms with Gasteiger partial charge in [-0.2, -0.15) is 0 Å². The molecule has 0 aromatic carbocycles. The maximum atomic E-state index is 10.6. The van der Waals surface area contributed by atoms with E-state index >= 15 is 0 Å². The molecule has 4 heteroatoms. The van der Waals surface area contributed by atoms with Crippen molar-refractivity contribution in [3.05, 3.63) is 11.1 Å². The lowest BCUT2D eigenvalue weighted by Gasteiger charge is -2.20. The number of nitrogens with zero attached hydrogens (tertiary/aromatic N) is 2. The first-order valence-electron chi connectivity index (χ1n) is 5.52. The van der Waals surface area contributed by atoms with Crippen LogP contribution in [-0.2, 0) is 0 Å². The summed E-state index contributed by atoms with van der Waals surface area (Å²) in [6, 6.07) is 0.683. The average molecular weight is 224 g/mol. The molecule has 0 saturated heterocycles. The number of unbranched alkanes of at least 4 members (excludes halogenated alkanes) is 1. The Bertz CT molecular complexity index is 333. The second kappa shape index (κ2) is 4.75. The number of anilines is 1. The van der Waals surface area contributed by atoms with Crippen LogP contribution in [0.4, 0.5) is 5.13 Å². The topological polar surface area (TPSA) is 33.2 Å². The fraction of sp³-hybridized carbons (Fsp3) is 0.636. The van der Waals surface area contributed by atoms with Gasteiger partial charge in [-0.1, -0.05) is 24.7 Å². The van der Waals surface area contributed by atoms with Crippen LogP contribution in [0.2, 0.25) is 0 Å². The van der Waals surface area contributed by atoms with Crippen molar-refractivity contribution in [3.8, 4) is 0 Å². The molecule has 3 nitrogen and oxygen atoms in total. The lowest BCUT2D eigenvalue weighted by Crippen LogP contribution is -2.26. The monoisotopic (exact) mass is 224 g/mol. The number of rotatable bonds is 6. The molecule has 0 N–H and O–H groups in total. The molecule has 0 atom stereocenters. The van der Waals surface area contributed by atoms with Gasteiger partial charge in [-0.3, -0.25) is 4.79 Å². The number of hydrogen-bond donors (Lipinski definition) is 0. The summed E-state index contributed by atoms with van der Waals surface area (Å²) in [5.74, 6) is 0. The molecule has 0 aliphatic heterocycles. The van der Waals surface area contributed by atoms with Crippen LogP contribution in [0.15, 0.2) is 6.20 Å². The quantitative estimate of drug-likeness (QED) is 0.697. The van der Waals surface area contributed by atoms with Crippen LogP contribution in [0.1, 0.15) is 42.3 Å². The highest BCUT2D eigenvalue weighted by Gasteiger charge is 2.30. The van der Waals surface area contributed by atoms with Crippen LogP contribution in [0, 0.1) is 0 Å². The number of thiazole rings is 1. The van der Waals surface area contributed by atoms with Gasteiger partial charge in [0.15, 0.2) is 11.4 Å². The normalized spacial score (nSPS) is 15.3.